The van der Waals surface area contributed by atoms with E-state index < -0.39 is 11.7 Å². The number of hydrogen-bond acceptors (Lipinski definition) is 5. The van der Waals surface area contributed by atoms with E-state index in [4.69, 9.17) is 9.47 Å². The number of likely N-dealkylation sites (tertiary alicyclic amines) is 1. The van der Waals surface area contributed by atoms with Gasteiger partial charge in [0.05, 0.1) is 13.0 Å². The van der Waals surface area contributed by atoms with E-state index in [1.54, 1.807) is 0 Å². The molecule has 6 nitrogen and oxygen atoms in total. The third kappa shape index (κ3) is 6.64. The number of ether oxygens (including phenoxy) is 2. The molecule has 6 heteroatoms. The zero-order valence-electron chi connectivity index (χ0n) is 14.5. The van der Waals surface area contributed by atoms with Crippen LogP contribution in [-0.2, 0) is 14.3 Å². The van der Waals surface area contributed by atoms with Crippen LogP contribution in [0.25, 0.3) is 0 Å². The largest absolute Gasteiger partial charge is 0.469 e. The van der Waals surface area contributed by atoms with Crippen LogP contribution in [0.4, 0.5) is 4.79 Å². The first-order valence-electron chi connectivity index (χ1n) is 8.05. The van der Waals surface area contributed by atoms with Crippen molar-refractivity contribution in [2.45, 2.75) is 58.6 Å². The van der Waals surface area contributed by atoms with E-state index in [-0.39, 0.29) is 17.9 Å². The number of unbranched alkanes of at least 4 members (excludes halogenated alkanes) is 1. The molecule has 0 radical (unpaired) electrons. The maximum absolute atomic E-state index is 11.9. The zero-order chi connectivity index (χ0) is 16.8. The molecule has 0 bridgehead atoms. The first-order chi connectivity index (χ1) is 10.2. The second-order valence-corrected chi connectivity index (χ2v) is 6.91. The number of methoxy groups -OCH3 is 1. The molecule has 1 rings (SSSR count). The summed E-state index contributed by atoms with van der Waals surface area (Å²) in [5.41, 5.74) is -0.525. The minimum atomic E-state index is -0.525. The minimum Gasteiger partial charge on any atom is -0.469 e. The van der Waals surface area contributed by atoms with Gasteiger partial charge in [0.15, 0.2) is 0 Å². The standard InChI is InChI=1S/C16H30N2O4/c1-6-7-8-18-10-12(14(19)21-5)9-13(11-18)17-15(20)22-16(2,3)4/h12-13H,6-11H2,1-5H3,(H,17,20). The Morgan fingerprint density at radius 1 is 1.27 bits per heavy atom. The molecule has 0 aromatic rings. The zero-order valence-corrected chi connectivity index (χ0v) is 14.5. The highest BCUT2D eigenvalue weighted by Gasteiger charge is 2.33. The third-order valence-electron chi connectivity index (χ3n) is 3.61. The average Bonchev–Trinajstić information content (AvgIpc) is 2.41. The second kappa shape index (κ2) is 8.36. The summed E-state index contributed by atoms with van der Waals surface area (Å²) in [6, 6.07) is -0.0930. The molecule has 1 saturated heterocycles. The molecule has 0 aliphatic carbocycles. The average molecular weight is 314 g/mol. The molecule has 1 fully saturated rings. The summed E-state index contributed by atoms with van der Waals surface area (Å²) >= 11 is 0. The van der Waals surface area contributed by atoms with Crippen molar-refractivity contribution in [3.63, 3.8) is 0 Å². The Kier molecular flexibility index (Phi) is 7.13. The van der Waals surface area contributed by atoms with Gasteiger partial charge >= 0.3 is 12.1 Å². The van der Waals surface area contributed by atoms with Crippen molar-refractivity contribution >= 4 is 12.1 Å². The molecule has 1 amide bonds. The number of amides is 1. The Balaban J connectivity index is 2.63. The fourth-order valence-electron chi connectivity index (χ4n) is 2.67. The molecule has 1 heterocycles. The van der Waals surface area contributed by atoms with Crippen molar-refractivity contribution in [3.8, 4) is 0 Å². The Morgan fingerprint density at radius 3 is 2.50 bits per heavy atom. The van der Waals surface area contributed by atoms with Crippen LogP contribution >= 0.6 is 0 Å². The van der Waals surface area contributed by atoms with Gasteiger partial charge in [-0.25, -0.2) is 4.79 Å². The summed E-state index contributed by atoms with van der Waals surface area (Å²) in [7, 11) is 1.41. The van der Waals surface area contributed by atoms with Gasteiger partial charge in [-0.05, 0) is 40.2 Å². The predicted molar refractivity (Wildman–Crippen MR) is 84.6 cm³/mol. The number of hydrogen-bond donors (Lipinski definition) is 1. The number of nitrogens with one attached hydrogen (secondary N) is 1. The van der Waals surface area contributed by atoms with Gasteiger partial charge in [-0.2, -0.15) is 0 Å². The maximum Gasteiger partial charge on any atom is 0.407 e. The van der Waals surface area contributed by atoms with E-state index in [1.807, 2.05) is 20.8 Å². The molecule has 2 atom stereocenters. The molecule has 1 aliphatic rings. The number of alkyl carbamates (subject to hydrolysis) is 1. The van der Waals surface area contributed by atoms with Gasteiger partial charge in [0.1, 0.15) is 5.60 Å². The lowest BCUT2D eigenvalue weighted by atomic mass is 9.94. The van der Waals surface area contributed by atoms with E-state index in [2.05, 4.69) is 17.1 Å². The summed E-state index contributed by atoms with van der Waals surface area (Å²) in [6.45, 7) is 10.00. The van der Waals surface area contributed by atoms with Crippen LogP contribution in [0.2, 0.25) is 0 Å². The summed E-state index contributed by atoms with van der Waals surface area (Å²) in [6.07, 6.45) is 2.34. The number of esters is 1. The van der Waals surface area contributed by atoms with Crippen LogP contribution in [0.1, 0.15) is 47.0 Å². The normalized spacial score (nSPS) is 23.0. The summed E-state index contributed by atoms with van der Waals surface area (Å²) < 4.78 is 10.2. The molecule has 128 valence electrons. The van der Waals surface area contributed by atoms with Gasteiger partial charge < -0.3 is 19.7 Å². The Morgan fingerprint density at radius 2 is 1.95 bits per heavy atom. The van der Waals surface area contributed by atoms with Crippen LogP contribution in [-0.4, -0.2) is 55.3 Å². The van der Waals surface area contributed by atoms with Crippen LogP contribution < -0.4 is 5.32 Å². The Labute approximate surface area is 133 Å². The van der Waals surface area contributed by atoms with Crippen molar-refractivity contribution in [2.24, 2.45) is 5.92 Å². The highest BCUT2D eigenvalue weighted by Crippen LogP contribution is 2.19. The molecule has 1 aliphatic heterocycles. The molecule has 2 unspecified atom stereocenters. The highest BCUT2D eigenvalue weighted by atomic mass is 16.6. The van der Waals surface area contributed by atoms with E-state index in [1.165, 1.54) is 7.11 Å². The van der Waals surface area contributed by atoms with Crippen LogP contribution in [0.15, 0.2) is 0 Å². The van der Waals surface area contributed by atoms with Crippen molar-refractivity contribution in [2.75, 3.05) is 26.7 Å². The molecule has 22 heavy (non-hydrogen) atoms. The summed E-state index contributed by atoms with van der Waals surface area (Å²) in [5, 5.41) is 2.88. The maximum atomic E-state index is 11.9. The molecule has 0 aromatic heterocycles. The first-order valence-corrected chi connectivity index (χ1v) is 8.05. The molecule has 0 saturated carbocycles. The van der Waals surface area contributed by atoms with Crippen molar-refractivity contribution in [1.29, 1.82) is 0 Å². The topological polar surface area (TPSA) is 67.9 Å². The Bertz CT molecular complexity index is 379. The summed E-state index contributed by atoms with van der Waals surface area (Å²) in [5.74, 6) is -0.410. The second-order valence-electron chi connectivity index (χ2n) is 6.91. The predicted octanol–water partition coefficient (Wildman–Crippen LogP) is 2.17. The smallest absolute Gasteiger partial charge is 0.407 e. The lowest BCUT2D eigenvalue weighted by Gasteiger charge is -2.37. The van der Waals surface area contributed by atoms with Crippen molar-refractivity contribution < 1.29 is 19.1 Å². The van der Waals surface area contributed by atoms with E-state index in [9.17, 15) is 9.59 Å². The molecule has 1 N–H and O–H groups in total. The third-order valence-corrected chi connectivity index (χ3v) is 3.61. The fraction of sp³-hybridized carbons (Fsp3) is 0.875. The number of piperidine rings is 1. The monoisotopic (exact) mass is 314 g/mol. The van der Waals surface area contributed by atoms with Gasteiger partial charge in [-0.3, -0.25) is 4.79 Å². The number of rotatable bonds is 5. The lowest BCUT2D eigenvalue weighted by molar-refractivity contribution is -0.147. The number of carbonyl (C=O) groups excluding carboxylic acids is 2. The number of nitrogens with zero attached hydrogens (tertiary/aromatic N) is 1. The highest BCUT2D eigenvalue weighted by molar-refractivity contribution is 5.73. The van der Waals surface area contributed by atoms with Crippen LogP contribution in [0.5, 0.6) is 0 Å². The van der Waals surface area contributed by atoms with E-state index in [0.29, 0.717) is 13.0 Å². The lowest BCUT2D eigenvalue weighted by Crippen LogP contribution is -2.53. The van der Waals surface area contributed by atoms with Gasteiger partial charge in [0.2, 0.25) is 0 Å². The van der Waals surface area contributed by atoms with Gasteiger partial charge in [-0.1, -0.05) is 13.3 Å². The Hall–Kier alpha value is -1.30. The van der Waals surface area contributed by atoms with E-state index >= 15 is 0 Å². The fourth-order valence-corrected chi connectivity index (χ4v) is 2.67. The number of carbonyl (C=O) groups is 2. The summed E-state index contributed by atoms with van der Waals surface area (Å²) in [4.78, 5) is 26.0. The molecular formula is C16H30N2O4. The van der Waals surface area contributed by atoms with Gasteiger partial charge in [0.25, 0.3) is 0 Å². The van der Waals surface area contributed by atoms with E-state index in [0.717, 1.165) is 25.9 Å². The molecule has 0 spiro atoms. The molecular weight excluding hydrogens is 284 g/mol. The SMILES string of the molecule is CCCCN1CC(NC(=O)OC(C)(C)C)CC(C(=O)OC)C1. The van der Waals surface area contributed by atoms with Crippen molar-refractivity contribution in [3.05, 3.63) is 0 Å². The van der Waals surface area contributed by atoms with Crippen LogP contribution in [0.3, 0.4) is 0 Å². The minimum absolute atomic E-state index is 0.0930. The first kappa shape index (κ1) is 18.7. The quantitative estimate of drug-likeness (QED) is 0.788. The van der Waals surface area contributed by atoms with Crippen LogP contribution in [0, 0.1) is 5.92 Å². The molecule has 0 aromatic carbocycles. The van der Waals surface area contributed by atoms with Crippen molar-refractivity contribution in [1.82, 2.24) is 10.2 Å². The van der Waals surface area contributed by atoms with Gasteiger partial charge in [0, 0.05) is 19.1 Å². The van der Waals surface area contributed by atoms with Gasteiger partial charge in [-0.15, -0.1) is 0 Å².